The van der Waals surface area contributed by atoms with E-state index in [0.717, 1.165) is 0 Å². The van der Waals surface area contributed by atoms with E-state index < -0.39 is 5.51 Å². The molecule has 0 fully saturated rings. The van der Waals surface area contributed by atoms with Gasteiger partial charge in [0.2, 0.25) is 0 Å². The minimum Gasteiger partial charge on any atom is -0.303 e. The molecule has 21 heavy (non-hydrogen) atoms. The molecule has 0 amide bonds. The van der Waals surface area contributed by atoms with Gasteiger partial charge < -0.3 is 4.40 Å². The van der Waals surface area contributed by atoms with E-state index in [1.165, 1.54) is 12.1 Å². The molecule has 0 aliphatic rings. The molecular weight excluding hydrogens is 367 g/mol. The van der Waals surface area contributed by atoms with E-state index in [4.69, 9.17) is 0 Å². The molecule has 0 spiro atoms. The molecule has 0 atom stereocenters. The molecule has 0 radical (unpaired) electrons. The second kappa shape index (κ2) is 5.34. The third-order valence-corrected chi connectivity index (χ3v) is 3.83. The lowest BCUT2D eigenvalue weighted by molar-refractivity contribution is -0.0328. The highest BCUT2D eigenvalue weighted by Gasteiger charge is 2.29. The van der Waals surface area contributed by atoms with Crippen LogP contribution in [0.5, 0.6) is 0 Å². The number of aromatic nitrogens is 3. The lowest BCUT2D eigenvalue weighted by Crippen LogP contribution is -1.99. The summed E-state index contributed by atoms with van der Waals surface area (Å²) in [6.07, 6.45) is 5.18. The van der Waals surface area contributed by atoms with Crippen LogP contribution in [0.15, 0.2) is 52.4 Å². The van der Waals surface area contributed by atoms with Gasteiger partial charge in [-0.25, -0.2) is 9.97 Å². The van der Waals surface area contributed by atoms with Crippen LogP contribution in [0, 0.1) is 0 Å². The smallest absolute Gasteiger partial charge is 0.303 e. The third kappa shape index (κ3) is 3.21. The minimum atomic E-state index is -4.29. The van der Waals surface area contributed by atoms with Crippen molar-refractivity contribution in [3.05, 3.63) is 47.5 Å². The first-order chi connectivity index (χ1) is 9.92. The molecule has 2 aromatic heterocycles. The number of imidazole rings is 1. The van der Waals surface area contributed by atoms with Gasteiger partial charge in [0.1, 0.15) is 10.3 Å². The molecular formula is C13H7BrF3N3S. The maximum Gasteiger partial charge on any atom is 0.446 e. The number of halogens is 4. The van der Waals surface area contributed by atoms with Crippen molar-refractivity contribution in [1.29, 1.82) is 0 Å². The second-order valence-electron chi connectivity index (χ2n) is 4.14. The first-order valence-electron chi connectivity index (χ1n) is 5.78. The Hall–Kier alpha value is -1.54. The summed E-state index contributed by atoms with van der Waals surface area (Å²) < 4.78 is 39.4. The van der Waals surface area contributed by atoms with Crippen molar-refractivity contribution in [3.8, 4) is 11.3 Å². The Morgan fingerprint density at radius 1 is 1.14 bits per heavy atom. The Kier molecular flexibility index (Phi) is 3.66. The summed E-state index contributed by atoms with van der Waals surface area (Å²) in [5.74, 6) is 0. The molecule has 8 heteroatoms. The van der Waals surface area contributed by atoms with Crippen LogP contribution in [-0.4, -0.2) is 19.9 Å². The molecule has 2 heterocycles. The fourth-order valence-electron chi connectivity index (χ4n) is 1.91. The maximum atomic E-state index is 12.3. The van der Waals surface area contributed by atoms with E-state index in [0.29, 0.717) is 21.5 Å². The van der Waals surface area contributed by atoms with Crippen LogP contribution < -0.4 is 0 Å². The lowest BCUT2D eigenvalue weighted by Gasteiger charge is -2.07. The molecule has 3 nitrogen and oxygen atoms in total. The summed E-state index contributed by atoms with van der Waals surface area (Å²) in [5, 5.41) is 0. The van der Waals surface area contributed by atoms with Gasteiger partial charge in [0, 0.05) is 29.0 Å². The highest BCUT2D eigenvalue weighted by molar-refractivity contribution is 9.10. The Bertz CT molecular complexity index is 783. The van der Waals surface area contributed by atoms with E-state index in [1.54, 1.807) is 35.1 Å². The third-order valence-electron chi connectivity index (χ3n) is 2.71. The zero-order valence-corrected chi connectivity index (χ0v) is 12.7. The van der Waals surface area contributed by atoms with Gasteiger partial charge >= 0.3 is 5.51 Å². The summed E-state index contributed by atoms with van der Waals surface area (Å²) in [7, 11) is 0. The van der Waals surface area contributed by atoms with Crippen LogP contribution >= 0.6 is 27.7 Å². The van der Waals surface area contributed by atoms with Gasteiger partial charge in [-0.05, 0) is 39.8 Å². The van der Waals surface area contributed by atoms with Crippen LogP contribution in [0.25, 0.3) is 16.9 Å². The average Bonchev–Trinajstić information content (AvgIpc) is 2.85. The maximum absolute atomic E-state index is 12.3. The van der Waals surface area contributed by atoms with Crippen LogP contribution in [-0.2, 0) is 0 Å². The number of nitrogens with zero attached hydrogens (tertiary/aromatic N) is 3. The molecule has 0 unspecified atom stereocenters. The van der Waals surface area contributed by atoms with Crippen LogP contribution in [0.2, 0.25) is 0 Å². The SMILES string of the molecule is FC(F)(F)Sc1ccc(-c2nc(Br)cn3ccnc23)cc1. The number of rotatable bonds is 2. The zero-order chi connectivity index (χ0) is 15.0. The topological polar surface area (TPSA) is 30.2 Å². The largest absolute Gasteiger partial charge is 0.446 e. The first kappa shape index (κ1) is 14.4. The molecule has 0 bridgehead atoms. The van der Waals surface area contributed by atoms with Gasteiger partial charge in [0.25, 0.3) is 0 Å². The molecule has 0 saturated carbocycles. The van der Waals surface area contributed by atoms with Crippen molar-refractivity contribution in [2.45, 2.75) is 10.4 Å². The number of hydrogen-bond donors (Lipinski definition) is 0. The van der Waals surface area contributed by atoms with Crippen molar-refractivity contribution >= 4 is 33.3 Å². The van der Waals surface area contributed by atoms with E-state index in [-0.39, 0.29) is 16.7 Å². The summed E-state index contributed by atoms with van der Waals surface area (Å²) >= 11 is 3.17. The monoisotopic (exact) mass is 373 g/mol. The van der Waals surface area contributed by atoms with Crippen LogP contribution in [0.3, 0.4) is 0 Å². The fraction of sp³-hybridized carbons (Fsp3) is 0.0769. The Labute approximate surface area is 130 Å². The molecule has 3 aromatic rings. The van der Waals surface area contributed by atoms with Gasteiger partial charge in [-0.15, -0.1) is 0 Å². The van der Waals surface area contributed by atoms with Crippen molar-refractivity contribution in [2.24, 2.45) is 0 Å². The lowest BCUT2D eigenvalue weighted by atomic mass is 10.1. The van der Waals surface area contributed by atoms with Crippen molar-refractivity contribution in [2.75, 3.05) is 0 Å². The molecule has 1 aromatic carbocycles. The average molecular weight is 374 g/mol. The van der Waals surface area contributed by atoms with Crippen LogP contribution in [0.1, 0.15) is 0 Å². The molecule has 0 aliphatic heterocycles. The quantitative estimate of drug-likeness (QED) is 0.606. The normalized spacial score (nSPS) is 12.0. The molecule has 0 aliphatic carbocycles. The summed E-state index contributed by atoms with van der Waals surface area (Å²) in [6, 6.07) is 6.07. The van der Waals surface area contributed by atoms with Gasteiger partial charge in [-0.3, -0.25) is 0 Å². The van der Waals surface area contributed by atoms with E-state index in [2.05, 4.69) is 25.9 Å². The van der Waals surface area contributed by atoms with Crippen molar-refractivity contribution < 1.29 is 13.2 Å². The van der Waals surface area contributed by atoms with E-state index in [1.807, 2.05) is 0 Å². The predicted octanol–water partition coefficient (Wildman–Crippen LogP) is 4.77. The number of hydrogen-bond acceptors (Lipinski definition) is 3. The highest BCUT2D eigenvalue weighted by atomic mass is 79.9. The molecule has 108 valence electrons. The zero-order valence-electron chi connectivity index (χ0n) is 10.3. The Morgan fingerprint density at radius 2 is 1.86 bits per heavy atom. The first-order valence-corrected chi connectivity index (χ1v) is 7.39. The van der Waals surface area contributed by atoms with Gasteiger partial charge in [0.05, 0.1) is 0 Å². The Balaban J connectivity index is 2.01. The van der Waals surface area contributed by atoms with E-state index in [9.17, 15) is 13.2 Å². The van der Waals surface area contributed by atoms with Gasteiger partial charge in [0.15, 0.2) is 5.65 Å². The van der Waals surface area contributed by atoms with Crippen molar-refractivity contribution in [3.63, 3.8) is 0 Å². The van der Waals surface area contributed by atoms with E-state index >= 15 is 0 Å². The second-order valence-corrected chi connectivity index (χ2v) is 6.09. The van der Waals surface area contributed by atoms with Gasteiger partial charge in [-0.2, -0.15) is 13.2 Å². The molecule has 0 N–H and O–H groups in total. The fourth-order valence-corrected chi connectivity index (χ4v) is 2.85. The van der Waals surface area contributed by atoms with Crippen LogP contribution in [0.4, 0.5) is 13.2 Å². The highest BCUT2D eigenvalue weighted by Crippen LogP contribution is 2.37. The number of thioether (sulfide) groups is 1. The summed E-state index contributed by atoms with van der Waals surface area (Å²) in [4.78, 5) is 8.70. The number of alkyl halides is 3. The molecule has 0 saturated heterocycles. The minimum absolute atomic E-state index is 0.137. The Morgan fingerprint density at radius 3 is 2.52 bits per heavy atom. The molecule has 3 rings (SSSR count). The summed E-state index contributed by atoms with van der Waals surface area (Å²) in [5.41, 5.74) is -2.32. The number of benzene rings is 1. The van der Waals surface area contributed by atoms with Crippen molar-refractivity contribution in [1.82, 2.24) is 14.4 Å². The van der Waals surface area contributed by atoms with Gasteiger partial charge in [-0.1, -0.05) is 12.1 Å². The standard InChI is InChI=1S/C13H7BrF3N3S/c14-10-7-20-6-5-18-12(20)11(19-10)8-1-3-9(4-2-8)21-13(15,16)17/h1-7H. The predicted molar refractivity (Wildman–Crippen MR) is 78.0 cm³/mol. The number of fused-ring (bicyclic) bond motifs is 1. The summed E-state index contributed by atoms with van der Waals surface area (Å²) in [6.45, 7) is 0.